The zero-order valence-electron chi connectivity index (χ0n) is 9.33. The van der Waals surface area contributed by atoms with Crippen molar-refractivity contribution < 1.29 is 0 Å². The van der Waals surface area contributed by atoms with E-state index in [0.717, 1.165) is 19.6 Å². The lowest BCUT2D eigenvalue weighted by Crippen LogP contribution is -2.56. The van der Waals surface area contributed by atoms with E-state index in [0.29, 0.717) is 18.0 Å². The van der Waals surface area contributed by atoms with Crippen molar-refractivity contribution in [3.8, 4) is 0 Å². The van der Waals surface area contributed by atoms with Crippen LogP contribution in [0.1, 0.15) is 20.8 Å². The topological polar surface area (TPSA) is 15.3 Å². The molecule has 0 spiro atoms. The van der Waals surface area contributed by atoms with E-state index < -0.39 is 0 Å². The molecule has 0 aromatic rings. The maximum Gasteiger partial charge on any atom is 0.0218 e. The van der Waals surface area contributed by atoms with Crippen LogP contribution in [0.4, 0.5) is 0 Å². The lowest BCUT2D eigenvalue weighted by atomic mass is 10.00. The first-order valence-corrected chi connectivity index (χ1v) is 5.81. The molecule has 0 radical (unpaired) electrons. The predicted molar refractivity (Wildman–Crippen MR) is 62.7 cm³/mol. The van der Waals surface area contributed by atoms with E-state index in [4.69, 9.17) is 11.6 Å². The van der Waals surface area contributed by atoms with Gasteiger partial charge in [-0.25, -0.2) is 0 Å². The van der Waals surface area contributed by atoms with Crippen molar-refractivity contribution in [1.29, 1.82) is 0 Å². The van der Waals surface area contributed by atoms with Crippen molar-refractivity contribution in [3.63, 3.8) is 0 Å². The highest BCUT2D eigenvalue weighted by Crippen LogP contribution is 2.12. The Bertz CT molecular complexity index is 192. The van der Waals surface area contributed by atoms with Crippen LogP contribution in [0.5, 0.6) is 0 Å². The fourth-order valence-electron chi connectivity index (χ4n) is 1.82. The van der Waals surface area contributed by atoms with E-state index in [1.807, 2.05) is 6.08 Å². The molecule has 0 bridgehead atoms. The standard InChI is InChI=1S/C11H21ClN2/c1-9(2)11-8-14(6-4-5-12)10(3)7-13-11/h4-5,9-11,13H,6-8H2,1-3H3/b5-4+. The van der Waals surface area contributed by atoms with E-state index in [-0.39, 0.29) is 0 Å². The maximum atomic E-state index is 5.54. The second-order valence-electron chi connectivity index (χ2n) is 4.42. The summed E-state index contributed by atoms with van der Waals surface area (Å²) in [5, 5.41) is 3.58. The molecule has 1 rings (SSSR count). The number of hydrogen-bond donors (Lipinski definition) is 1. The highest BCUT2D eigenvalue weighted by atomic mass is 35.5. The molecule has 2 nitrogen and oxygen atoms in total. The zero-order valence-corrected chi connectivity index (χ0v) is 10.1. The van der Waals surface area contributed by atoms with Gasteiger partial charge in [0.25, 0.3) is 0 Å². The molecule has 0 aromatic heterocycles. The number of hydrogen-bond acceptors (Lipinski definition) is 2. The first-order valence-electron chi connectivity index (χ1n) is 5.37. The van der Waals surface area contributed by atoms with Gasteiger partial charge in [-0.3, -0.25) is 4.90 Å². The first kappa shape index (κ1) is 12.0. The molecule has 0 aromatic carbocycles. The zero-order chi connectivity index (χ0) is 10.6. The molecular weight excluding hydrogens is 196 g/mol. The van der Waals surface area contributed by atoms with Crippen LogP contribution in [0.25, 0.3) is 0 Å². The molecule has 1 saturated heterocycles. The van der Waals surface area contributed by atoms with Crippen LogP contribution in [0.15, 0.2) is 11.6 Å². The van der Waals surface area contributed by atoms with E-state index >= 15 is 0 Å². The van der Waals surface area contributed by atoms with Gasteiger partial charge < -0.3 is 5.32 Å². The number of halogens is 1. The number of piperazine rings is 1. The number of rotatable bonds is 3. The first-order chi connectivity index (χ1) is 6.65. The Morgan fingerprint density at radius 2 is 2.29 bits per heavy atom. The summed E-state index contributed by atoms with van der Waals surface area (Å²) in [6.07, 6.45) is 2.01. The largest absolute Gasteiger partial charge is 0.311 e. The Morgan fingerprint density at radius 3 is 2.86 bits per heavy atom. The third kappa shape index (κ3) is 3.26. The summed E-state index contributed by atoms with van der Waals surface area (Å²) < 4.78 is 0. The highest BCUT2D eigenvalue weighted by molar-refractivity contribution is 6.25. The van der Waals surface area contributed by atoms with Crippen LogP contribution < -0.4 is 5.32 Å². The molecule has 0 amide bonds. The number of nitrogens with zero attached hydrogens (tertiary/aromatic N) is 1. The smallest absolute Gasteiger partial charge is 0.0218 e. The van der Waals surface area contributed by atoms with Gasteiger partial charge in [0.2, 0.25) is 0 Å². The lowest BCUT2D eigenvalue weighted by molar-refractivity contribution is 0.137. The Hall–Kier alpha value is -0.0500. The van der Waals surface area contributed by atoms with Crippen LogP contribution in [0.2, 0.25) is 0 Å². The van der Waals surface area contributed by atoms with Gasteiger partial charge in [-0.05, 0) is 12.8 Å². The minimum Gasteiger partial charge on any atom is -0.311 e. The molecule has 1 aliphatic heterocycles. The van der Waals surface area contributed by atoms with Gasteiger partial charge in [0.15, 0.2) is 0 Å². The quantitative estimate of drug-likeness (QED) is 0.777. The van der Waals surface area contributed by atoms with Gasteiger partial charge in [0, 0.05) is 37.3 Å². The van der Waals surface area contributed by atoms with Gasteiger partial charge in [0.1, 0.15) is 0 Å². The summed E-state index contributed by atoms with van der Waals surface area (Å²) in [4.78, 5) is 2.47. The molecule has 1 aliphatic rings. The Balaban J connectivity index is 2.46. The molecule has 2 atom stereocenters. The molecule has 1 fully saturated rings. The SMILES string of the molecule is CC(C)C1CN(C/C=C/Cl)C(C)CN1. The van der Waals surface area contributed by atoms with Gasteiger partial charge in [-0.2, -0.15) is 0 Å². The van der Waals surface area contributed by atoms with Gasteiger partial charge in [0.05, 0.1) is 0 Å². The van der Waals surface area contributed by atoms with Crippen molar-refractivity contribution in [3.05, 3.63) is 11.6 Å². The molecule has 82 valence electrons. The fraction of sp³-hybridized carbons (Fsp3) is 0.818. The molecular formula is C11H21ClN2. The van der Waals surface area contributed by atoms with E-state index in [1.54, 1.807) is 5.54 Å². The molecule has 1 heterocycles. The molecule has 2 unspecified atom stereocenters. The molecule has 0 aliphatic carbocycles. The van der Waals surface area contributed by atoms with Crippen molar-refractivity contribution in [2.75, 3.05) is 19.6 Å². The molecule has 14 heavy (non-hydrogen) atoms. The summed E-state index contributed by atoms with van der Waals surface area (Å²) in [6.45, 7) is 9.96. The fourth-order valence-corrected chi connectivity index (χ4v) is 1.90. The molecule has 1 N–H and O–H groups in total. The second-order valence-corrected chi connectivity index (χ2v) is 4.68. The van der Waals surface area contributed by atoms with Gasteiger partial charge in [-0.15, -0.1) is 0 Å². The average Bonchev–Trinajstić information content (AvgIpc) is 2.16. The Labute approximate surface area is 92.3 Å². The van der Waals surface area contributed by atoms with Crippen LogP contribution in [-0.2, 0) is 0 Å². The molecule has 3 heteroatoms. The summed E-state index contributed by atoms with van der Waals surface area (Å²) >= 11 is 5.54. The van der Waals surface area contributed by atoms with Crippen LogP contribution in [0, 0.1) is 5.92 Å². The number of nitrogens with one attached hydrogen (secondary N) is 1. The highest BCUT2D eigenvalue weighted by Gasteiger charge is 2.25. The van der Waals surface area contributed by atoms with Crippen molar-refractivity contribution >= 4 is 11.6 Å². The average molecular weight is 217 g/mol. The van der Waals surface area contributed by atoms with Crippen molar-refractivity contribution in [1.82, 2.24) is 10.2 Å². The minimum absolute atomic E-state index is 0.609. The van der Waals surface area contributed by atoms with E-state index in [1.165, 1.54) is 0 Å². The summed E-state index contributed by atoms with van der Waals surface area (Å²) in [7, 11) is 0. The van der Waals surface area contributed by atoms with Crippen molar-refractivity contribution in [2.24, 2.45) is 5.92 Å². The Kier molecular flexibility index (Phi) is 4.93. The normalized spacial score (nSPS) is 30.4. The van der Waals surface area contributed by atoms with Crippen LogP contribution in [0.3, 0.4) is 0 Å². The molecule has 0 saturated carbocycles. The Morgan fingerprint density at radius 1 is 1.57 bits per heavy atom. The van der Waals surface area contributed by atoms with E-state index in [2.05, 4.69) is 31.0 Å². The summed E-state index contributed by atoms with van der Waals surface area (Å²) in [5.74, 6) is 0.699. The second kappa shape index (κ2) is 5.74. The predicted octanol–water partition coefficient (Wildman–Crippen LogP) is 2.06. The summed E-state index contributed by atoms with van der Waals surface area (Å²) in [6, 6.07) is 1.23. The van der Waals surface area contributed by atoms with Crippen LogP contribution in [-0.4, -0.2) is 36.6 Å². The maximum absolute atomic E-state index is 5.54. The van der Waals surface area contributed by atoms with Gasteiger partial charge >= 0.3 is 0 Å². The lowest BCUT2D eigenvalue weighted by Gasteiger charge is -2.39. The van der Waals surface area contributed by atoms with E-state index in [9.17, 15) is 0 Å². The van der Waals surface area contributed by atoms with Crippen molar-refractivity contribution in [2.45, 2.75) is 32.9 Å². The monoisotopic (exact) mass is 216 g/mol. The minimum atomic E-state index is 0.609. The third-order valence-electron chi connectivity index (χ3n) is 2.96. The summed E-state index contributed by atoms with van der Waals surface area (Å²) in [5.41, 5.74) is 1.61. The van der Waals surface area contributed by atoms with Gasteiger partial charge in [-0.1, -0.05) is 31.5 Å². The third-order valence-corrected chi connectivity index (χ3v) is 3.14. The van der Waals surface area contributed by atoms with Crippen LogP contribution >= 0.6 is 11.6 Å².